The van der Waals surface area contributed by atoms with Crippen molar-refractivity contribution in [2.24, 2.45) is 11.8 Å². The zero-order valence-electron chi connectivity index (χ0n) is 35.6. The first kappa shape index (κ1) is 36.5. The van der Waals surface area contributed by atoms with Crippen LogP contribution in [0.25, 0.3) is 63.6 Å². The Morgan fingerprint density at radius 3 is 1.55 bits per heavy atom. The zero-order chi connectivity index (χ0) is 41.9. The summed E-state index contributed by atoms with van der Waals surface area (Å²) in [6.07, 6.45) is 6.68. The Bertz CT molecular complexity index is 3580. The first-order valence-corrected chi connectivity index (χ1v) is 24.1. The Kier molecular flexibility index (Phi) is 8.16. The lowest BCUT2D eigenvalue weighted by Gasteiger charge is -2.42. The van der Waals surface area contributed by atoms with E-state index in [1.807, 2.05) is 11.3 Å². The van der Waals surface area contributed by atoms with Gasteiger partial charge in [0.15, 0.2) is 0 Å². The van der Waals surface area contributed by atoms with E-state index < -0.39 is 0 Å². The van der Waals surface area contributed by atoms with Gasteiger partial charge in [-0.05, 0) is 155 Å². The molecule has 10 aromatic carbocycles. The zero-order valence-corrected chi connectivity index (χ0v) is 36.4. The van der Waals surface area contributed by atoms with Crippen molar-refractivity contribution < 1.29 is 0 Å². The van der Waals surface area contributed by atoms with Gasteiger partial charge in [0.2, 0.25) is 0 Å². The van der Waals surface area contributed by atoms with E-state index in [-0.39, 0.29) is 0 Å². The summed E-state index contributed by atoms with van der Waals surface area (Å²) in [4.78, 5) is 5.11. The molecule has 1 aromatic heterocycles. The quantitative estimate of drug-likeness (QED) is 0.154. The molecule has 2 saturated carbocycles. The molecule has 2 fully saturated rings. The summed E-state index contributed by atoms with van der Waals surface area (Å²) in [5, 5.41) is 10.3. The van der Waals surface area contributed by atoms with Crippen LogP contribution in [-0.4, -0.2) is 0 Å². The Balaban J connectivity index is 1.03. The smallest absolute Gasteiger partial charge is 0.0555 e. The molecule has 0 saturated heterocycles. The van der Waals surface area contributed by atoms with Gasteiger partial charge in [-0.3, -0.25) is 0 Å². The molecule has 3 heteroatoms. The van der Waals surface area contributed by atoms with Gasteiger partial charge in [0, 0.05) is 47.9 Å². The molecule has 1 heterocycles. The van der Waals surface area contributed by atoms with Crippen molar-refractivity contribution in [2.45, 2.75) is 43.9 Å². The summed E-state index contributed by atoms with van der Waals surface area (Å²) >= 11 is 1.88. The predicted octanol–water partition coefficient (Wildman–Crippen LogP) is 17.9. The van der Waals surface area contributed by atoms with E-state index in [2.05, 4.69) is 204 Å². The lowest BCUT2D eigenvalue weighted by molar-refractivity contribution is 0.153. The minimum Gasteiger partial charge on any atom is -0.309 e. The maximum Gasteiger partial charge on any atom is 0.0555 e. The fourth-order valence-corrected chi connectivity index (χ4v) is 14.0. The molecule has 4 bridgehead atoms. The van der Waals surface area contributed by atoms with Crippen LogP contribution in [0, 0.1) is 11.8 Å². The normalized spacial score (nSPS) is 18.9. The number of nitrogens with zero attached hydrogens (tertiary/aromatic N) is 2. The van der Waals surface area contributed by atoms with Gasteiger partial charge in [-0.15, -0.1) is 11.3 Å². The minimum absolute atomic E-state index is 0.577. The van der Waals surface area contributed by atoms with Gasteiger partial charge in [0.05, 0.1) is 22.7 Å². The number of hydrogen-bond donors (Lipinski definition) is 0. The van der Waals surface area contributed by atoms with Crippen molar-refractivity contribution >= 4 is 98.0 Å². The van der Waals surface area contributed by atoms with Crippen LogP contribution in [0.5, 0.6) is 0 Å². The summed E-state index contributed by atoms with van der Waals surface area (Å²) in [6, 6.07) is 73.5. The predicted molar refractivity (Wildman–Crippen MR) is 273 cm³/mol. The van der Waals surface area contributed by atoms with Gasteiger partial charge in [0.25, 0.3) is 0 Å². The second kappa shape index (κ2) is 14.3. The van der Waals surface area contributed by atoms with E-state index in [0.717, 1.165) is 17.5 Å². The standard InChI is InChI=1S/C61H46N2S/c1-3-13-44(14-4-1)62(54-21-11-20-47-43-36-38-33-39(37-43)35-42(34-38)46-17-7-8-18-48(46)60(47)54)52-31-27-40-26-30-50-53(32-28-41-25-29-49(52)58(40)59(41)50)63(45-15-5-2-6-16-45)55-22-12-24-57-61(55)51-19-9-10-23-56(51)64-57/h1-32,38-39,42-43H,33-37H2. The van der Waals surface area contributed by atoms with Crippen LogP contribution >= 0.6 is 11.3 Å². The molecule has 2 nitrogen and oxygen atoms in total. The largest absolute Gasteiger partial charge is 0.309 e. The van der Waals surface area contributed by atoms with Crippen LogP contribution in [0.2, 0.25) is 0 Å². The van der Waals surface area contributed by atoms with E-state index >= 15 is 0 Å². The molecular formula is C61H46N2S. The summed E-state index contributed by atoms with van der Waals surface area (Å²) in [6.45, 7) is 0. The van der Waals surface area contributed by atoms with Crippen LogP contribution < -0.4 is 9.80 Å². The number of anilines is 6. The van der Waals surface area contributed by atoms with Gasteiger partial charge in [-0.1, -0.05) is 133 Å². The van der Waals surface area contributed by atoms with Gasteiger partial charge < -0.3 is 9.80 Å². The van der Waals surface area contributed by atoms with Crippen LogP contribution in [0.15, 0.2) is 194 Å². The average Bonchev–Trinajstić information content (AvgIpc) is 3.76. The molecule has 0 aliphatic heterocycles. The highest BCUT2D eigenvalue weighted by molar-refractivity contribution is 7.26. The Morgan fingerprint density at radius 1 is 0.344 bits per heavy atom. The third-order valence-corrected chi connectivity index (χ3v) is 16.5. The second-order valence-electron chi connectivity index (χ2n) is 18.8. The molecular weight excluding hydrogens is 793 g/mol. The molecule has 0 spiro atoms. The number of para-hydroxylation sites is 2. The molecule has 0 radical (unpaired) electrons. The molecule has 11 aromatic rings. The van der Waals surface area contributed by atoms with E-state index in [9.17, 15) is 0 Å². The number of thiophene rings is 1. The number of benzene rings is 10. The lowest BCUT2D eigenvalue weighted by atomic mass is 9.63. The molecule has 306 valence electrons. The van der Waals surface area contributed by atoms with Gasteiger partial charge in [0.1, 0.15) is 0 Å². The molecule has 2 unspecified atom stereocenters. The molecule has 64 heavy (non-hydrogen) atoms. The molecule has 4 aliphatic carbocycles. The highest BCUT2D eigenvalue weighted by Crippen LogP contribution is 2.58. The molecule has 4 aliphatic rings. The maximum absolute atomic E-state index is 2.60. The molecule has 0 N–H and O–H groups in total. The SMILES string of the molecule is c1ccc(N(c2cccc3c2-c2ccccc2C2CC4CC(C2)CC3C4)c2ccc3ccc4c(N(c5ccccc5)c5cccc6sc7ccccc7c56)ccc5ccc2c3c54)cc1. The summed E-state index contributed by atoms with van der Waals surface area (Å²) < 4.78 is 2.62. The average molecular weight is 839 g/mol. The summed E-state index contributed by atoms with van der Waals surface area (Å²) in [5.74, 6) is 2.82. The summed E-state index contributed by atoms with van der Waals surface area (Å²) in [5.41, 5.74) is 13.2. The number of fused-ring (bicyclic) bond motifs is 3. The van der Waals surface area contributed by atoms with Crippen molar-refractivity contribution in [3.63, 3.8) is 0 Å². The van der Waals surface area contributed by atoms with Crippen molar-refractivity contribution in [1.82, 2.24) is 0 Å². The Labute approximate surface area is 378 Å². The van der Waals surface area contributed by atoms with Crippen LogP contribution in [-0.2, 0) is 0 Å². The Morgan fingerprint density at radius 2 is 0.859 bits per heavy atom. The van der Waals surface area contributed by atoms with Crippen LogP contribution in [0.1, 0.15) is 55.1 Å². The minimum atomic E-state index is 0.577. The van der Waals surface area contributed by atoms with Crippen molar-refractivity contribution in [1.29, 1.82) is 0 Å². The van der Waals surface area contributed by atoms with Gasteiger partial charge in [-0.2, -0.15) is 0 Å². The van der Waals surface area contributed by atoms with Crippen LogP contribution in [0.4, 0.5) is 34.1 Å². The highest BCUT2D eigenvalue weighted by atomic mass is 32.1. The van der Waals surface area contributed by atoms with E-state index in [1.54, 1.807) is 11.1 Å². The molecule has 0 amide bonds. The van der Waals surface area contributed by atoms with E-state index in [0.29, 0.717) is 11.8 Å². The monoisotopic (exact) mass is 838 g/mol. The maximum atomic E-state index is 2.60. The fraction of sp³-hybridized carbons (Fsp3) is 0.148. The number of hydrogen-bond acceptors (Lipinski definition) is 3. The third-order valence-electron chi connectivity index (χ3n) is 15.3. The third kappa shape index (κ3) is 5.50. The second-order valence-corrected chi connectivity index (χ2v) is 19.9. The first-order chi connectivity index (χ1) is 31.7. The van der Waals surface area contributed by atoms with E-state index in [1.165, 1.54) is 124 Å². The van der Waals surface area contributed by atoms with Gasteiger partial charge >= 0.3 is 0 Å². The Hall–Kier alpha value is -6.94. The fourth-order valence-electron chi connectivity index (χ4n) is 12.9. The van der Waals surface area contributed by atoms with Crippen molar-refractivity contribution in [2.75, 3.05) is 9.80 Å². The van der Waals surface area contributed by atoms with Crippen molar-refractivity contribution in [3.8, 4) is 11.1 Å². The lowest BCUT2D eigenvalue weighted by Crippen LogP contribution is -2.29. The highest BCUT2D eigenvalue weighted by Gasteiger charge is 2.41. The summed E-state index contributed by atoms with van der Waals surface area (Å²) in [7, 11) is 0. The van der Waals surface area contributed by atoms with Crippen LogP contribution in [0.3, 0.4) is 0 Å². The molecule has 2 atom stereocenters. The van der Waals surface area contributed by atoms with E-state index in [4.69, 9.17) is 0 Å². The van der Waals surface area contributed by atoms with Crippen molar-refractivity contribution in [3.05, 3.63) is 205 Å². The first-order valence-electron chi connectivity index (χ1n) is 23.3. The topological polar surface area (TPSA) is 6.48 Å². The number of rotatable bonds is 6. The van der Waals surface area contributed by atoms with Gasteiger partial charge in [-0.25, -0.2) is 0 Å². The molecule has 15 rings (SSSR count).